The van der Waals surface area contributed by atoms with Crippen molar-refractivity contribution in [2.24, 2.45) is 5.73 Å². The third kappa shape index (κ3) is 11.3. The van der Waals surface area contributed by atoms with Crippen molar-refractivity contribution in [3.8, 4) is 0 Å². The van der Waals surface area contributed by atoms with E-state index >= 15 is 0 Å². The van der Waals surface area contributed by atoms with Gasteiger partial charge in [-0.05, 0) is 13.5 Å². The molecular formula is C10H23N3O2. The Morgan fingerprint density at radius 3 is 2.60 bits per heavy atom. The fourth-order valence-corrected chi connectivity index (χ4v) is 1.05. The summed E-state index contributed by atoms with van der Waals surface area (Å²) in [5.41, 5.74) is 5.26. The first-order chi connectivity index (χ1) is 7.16. The summed E-state index contributed by atoms with van der Waals surface area (Å²) in [6.07, 6.45) is 1.56. The van der Waals surface area contributed by atoms with E-state index in [9.17, 15) is 0 Å². The molecule has 5 nitrogen and oxygen atoms in total. The molecular weight excluding hydrogens is 194 g/mol. The molecule has 0 aromatic carbocycles. The van der Waals surface area contributed by atoms with Crippen LogP contribution >= 0.6 is 0 Å². The first-order valence-electron chi connectivity index (χ1n) is 5.25. The third-order valence-corrected chi connectivity index (χ3v) is 2.02. The second kappa shape index (κ2) is 9.89. The van der Waals surface area contributed by atoms with Gasteiger partial charge in [0.25, 0.3) is 0 Å². The molecule has 0 atom stereocenters. The van der Waals surface area contributed by atoms with Crippen LogP contribution in [0, 0.1) is 5.41 Å². The summed E-state index contributed by atoms with van der Waals surface area (Å²) in [7, 11) is 3.69. The number of methoxy groups -OCH3 is 1. The van der Waals surface area contributed by atoms with Crippen LogP contribution in [0.2, 0.25) is 0 Å². The summed E-state index contributed by atoms with van der Waals surface area (Å²) in [5, 5.41) is 7.08. The summed E-state index contributed by atoms with van der Waals surface area (Å²) < 4.78 is 10.3. The van der Waals surface area contributed by atoms with Crippen LogP contribution < -0.4 is 5.73 Å². The van der Waals surface area contributed by atoms with Gasteiger partial charge in [0.15, 0.2) is 0 Å². The van der Waals surface area contributed by atoms with Crippen molar-refractivity contribution in [1.29, 1.82) is 5.41 Å². The Balaban J connectivity index is 3.16. The van der Waals surface area contributed by atoms with E-state index in [1.807, 2.05) is 7.05 Å². The second-order valence-electron chi connectivity index (χ2n) is 3.54. The van der Waals surface area contributed by atoms with E-state index in [1.165, 1.54) is 0 Å². The number of hydrogen-bond acceptors (Lipinski definition) is 4. The van der Waals surface area contributed by atoms with Crippen LogP contribution in [0.25, 0.3) is 0 Å². The van der Waals surface area contributed by atoms with Gasteiger partial charge in [0.2, 0.25) is 0 Å². The van der Waals surface area contributed by atoms with Gasteiger partial charge in [0, 0.05) is 39.8 Å². The highest BCUT2D eigenvalue weighted by Crippen LogP contribution is 1.89. The van der Waals surface area contributed by atoms with Crippen LogP contribution in [-0.4, -0.2) is 57.8 Å². The molecule has 0 bridgehead atoms. The molecule has 0 spiro atoms. The molecule has 0 aliphatic carbocycles. The van der Waals surface area contributed by atoms with Crippen molar-refractivity contribution in [3.05, 3.63) is 0 Å². The van der Waals surface area contributed by atoms with Crippen LogP contribution in [0.5, 0.6) is 0 Å². The van der Waals surface area contributed by atoms with E-state index < -0.39 is 0 Å². The Kier molecular flexibility index (Phi) is 9.46. The molecule has 5 heteroatoms. The molecule has 90 valence electrons. The molecule has 0 aromatic heterocycles. The summed E-state index contributed by atoms with van der Waals surface area (Å²) in [6, 6.07) is 0. The Labute approximate surface area is 92.0 Å². The predicted octanol–water partition coefficient (Wildman–Crippen LogP) is 0.297. The summed E-state index contributed by atoms with van der Waals surface area (Å²) in [6.45, 7) is 3.91. The number of nitrogens with two attached hydrogens (primary N) is 1. The number of hydrogen-bond donors (Lipinski definition) is 2. The van der Waals surface area contributed by atoms with Gasteiger partial charge in [-0.1, -0.05) is 0 Å². The minimum Gasteiger partial charge on any atom is -0.388 e. The van der Waals surface area contributed by atoms with Crippen molar-refractivity contribution in [1.82, 2.24) is 4.90 Å². The number of likely N-dealkylation sites (N-methyl/N-ethyl adjacent to an activating group) is 1. The average molecular weight is 217 g/mol. The minimum atomic E-state index is 0.239. The fourth-order valence-electron chi connectivity index (χ4n) is 1.05. The van der Waals surface area contributed by atoms with Crippen molar-refractivity contribution >= 4 is 5.84 Å². The van der Waals surface area contributed by atoms with E-state index in [-0.39, 0.29) is 5.84 Å². The lowest BCUT2D eigenvalue weighted by atomic mass is 10.4. The van der Waals surface area contributed by atoms with E-state index in [0.717, 1.165) is 39.3 Å². The van der Waals surface area contributed by atoms with Gasteiger partial charge in [-0.2, -0.15) is 0 Å². The van der Waals surface area contributed by atoms with Crippen molar-refractivity contribution < 1.29 is 9.47 Å². The Morgan fingerprint density at radius 1 is 1.27 bits per heavy atom. The standard InChI is InChI=1S/C10H23N3O2/c1-13(5-4-10(11)12)6-9-15-8-3-7-14-2/h3-9H2,1-2H3,(H3,11,12). The van der Waals surface area contributed by atoms with Gasteiger partial charge in [-0.3, -0.25) is 5.41 Å². The lowest BCUT2D eigenvalue weighted by molar-refractivity contribution is 0.0892. The average Bonchev–Trinajstić information content (AvgIpc) is 2.20. The van der Waals surface area contributed by atoms with Crippen LogP contribution in [0.15, 0.2) is 0 Å². The maximum absolute atomic E-state index is 7.08. The smallest absolute Gasteiger partial charge is 0.0918 e. The molecule has 0 aromatic rings. The largest absolute Gasteiger partial charge is 0.388 e. The Hall–Kier alpha value is -0.650. The van der Waals surface area contributed by atoms with Gasteiger partial charge in [-0.15, -0.1) is 0 Å². The number of amidine groups is 1. The highest BCUT2D eigenvalue weighted by molar-refractivity contribution is 5.76. The lowest BCUT2D eigenvalue weighted by Crippen LogP contribution is -2.27. The molecule has 0 heterocycles. The quantitative estimate of drug-likeness (QED) is 0.313. The summed E-state index contributed by atoms with van der Waals surface area (Å²) in [4.78, 5) is 2.11. The lowest BCUT2D eigenvalue weighted by Gasteiger charge is -2.15. The normalized spacial score (nSPS) is 10.9. The van der Waals surface area contributed by atoms with Crippen LogP contribution in [0.1, 0.15) is 12.8 Å². The van der Waals surface area contributed by atoms with E-state index in [2.05, 4.69) is 4.90 Å². The Morgan fingerprint density at radius 2 is 2.00 bits per heavy atom. The van der Waals surface area contributed by atoms with Crippen molar-refractivity contribution in [3.63, 3.8) is 0 Å². The molecule has 0 saturated heterocycles. The van der Waals surface area contributed by atoms with Gasteiger partial charge in [0.1, 0.15) is 0 Å². The van der Waals surface area contributed by atoms with Gasteiger partial charge in [0.05, 0.1) is 12.4 Å². The number of nitrogens with zero attached hydrogens (tertiary/aromatic N) is 1. The maximum atomic E-state index is 7.08. The van der Waals surface area contributed by atoms with Crippen LogP contribution in [0.4, 0.5) is 0 Å². The SMILES string of the molecule is COCCCOCCN(C)CCC(=N)N. The fraction of sp³-hybridized carbons (Fsp3) is 0.900. The molecule has 0 aliphatic rings. The van der Waals surface area contributed by atoms with Gasteiger partial charge >= 0.3 is 0 Å². The number of nitrogens with one attached hydrogen (secondary N) is 1. The Bertz CT molecular complexity index is 165. The molecule has 0 aliphatic heterocycles. The zero-order chi connectivity index (χ0) is 11.5. The third-order valence-electron chi connectivity index (χ3n) is 2.02. The summed E-state index contributed by atoms with van der Waals surface area (Å²) >= 11 is 0. The van der Waals surface area contributed by atoms with Crippen LogP contribution in [0.3, 0.4) is 0 Å². The van der Waals surface area contributed by atoms with Gasteiger partial charge in [-0.25, -0.2) is 0 Å². The van der Waals surface area contributed by atoms with Crippen LogP contribution in [-0.2, 0) is 9.47 Å². The monoisotopic (exact) mass is 217 g/mol. The first kappa shape index (κ1) is 14.3. The van der Waals surface area contributed by atoms with E-state index in [1.54, 1.807) is 7.11 Å². The highest BCUT2D eigenvalue weighted by Gasteiger charge is 1.98. The zero-order valence-corrected chi connectivity index (χ0v) is 9.79. The number of ether oxygens (including phenoxy) is 2. The molecule has 0 rings (SSSR count). The predicted molar refractivity (Wildman–Crippen MR) is 61.3 cm³/mol. The molecule has 0 saturated carbocycles. The van der Waals surface area contributed by atoms with Gasteiger partial charge < -0.3 is 20.1 Å². The minimum absolute atomic E-state index is 0.239. The van der Waals surface area contributed by atoms with E-state index in [4.69, 9.17) is 20.6 Å². The molecule has 15 heavy (non-hydrogen) atoms. The highest BCUT2D eigenvalue weighted by atomic mass is 16.5. The molecule has 0 radical (unpaired) electrons. The van der Waals surface area contributed by atoms with Crippen molar-refractivity contribution in [2.45, 2.75) is 12.8 Å². The molecule has 3 N–H and O–H groups in total. The zero-order valence-electron chi connectivity index (χ0n) is 9.79. The summed E-state index contributed by atoms with van der Waals surface area (Å²) in [5.74, 6) is 0.239. The number of rotatable bonds is 10. The van der Waals surface area contributed by atoms with Crippen molar-refractivity contribution in [2.75, 3.05) is 47.1 Å². The molecule has 0 amide bonds. The maximum Gasteiger partial charge on any atom is 0.0918 e. The first-order valence-corrected chi connectivity index (χ1v) is 5.25. The topological polar surface area (TPSA) is 71.6 Å². The molecule has 0 unspecified atom stereocenters. The molecule has 0 fully saturated rings. The second-order valence-corrected chi connectivity index (χ2v) is 3.54. The van der Waals surface area contributed by atoms with E-state index in [0.29, 0.717) is 6.42 Å².